The normalized spacial score (nSPS) is 17.8. The van der Waals surface area contributed by atoms with Crippen molar-refractivity contribution in [3.8, 4) is 0 Å². The first kappa shape index (κ1) is 21.3. The van der Waals surface area contributed by atoms with Gasteiger partial charge in [-0.3, -0.25) is 4.79 Å². The fourth-order valence-electron chi connectivity index (χ4n) is 3.74. The summed E-state index contributed by atoms with van der Waals surface area (Å²) in [7, 11) is -3.14. The minimum atomic E-state index is -3.14. The standard InChI is InChI=1S/C22H27FN2O3S/c1-3-24(4-2)20-11-5-17(6-12-20)15-25(21-13-14-29(27,28)16-21)22(26)18-7-9-19(23)10-8-18/h5-12,21H,3-4,13-16H2,1-2H3/t21-/m1/s1. The van der Waals surface area contributed by atoms with Crippen LogP contribution in [0.2, 0.25) is 0 Å². The van der Waals surface area contributed by atoms with Gasteiger partial charge >= 0.3 is 0 Å². The number of benzene rings is 2. The Morgan fingerprint density at radius 2 is 1.66 bits per heavy atom. The van der Waals surface area contributed by atoms with Gasteiger partial charge in [0, 0.05) is 36.9 Å². The first-order chi connectivity index (χ1) is 13.8. The summed E-state index contributed by atoms with van der Waals surface area (Å²) in [6.07, 6.45) is 0.423. The molecule has 0 N–H and O–H groups in total. The molecule has 1 saturated heterocycles. The van der Waals surface area contributed by atoms with Crippen LogP contribution in [0.1, 0.15) is 36.2 Å². The average Bonchev–Trinajstić information content (AvgIpc) is 3.07. The quantitative estimate of drug-likeness (QED) is 0.691. The molecule has 0 aliphatic carbocycles. The first-order valence-corrected chi connectivity index (χ1v) is 11.8. The highest BCUT2D eigenvalue weighted by molar-refractivity contribution is 7.91. The lowest BCUT2D eigenvalue weighted by atomic mass is 10.1. The minimum Gasteiger partial charge on any atom is -0.372 e. The molecule has 1 atom stereocenters. The Balaban J connectivity index is 1.85. The molecule has 0 saturated carbocycles. The SMILES string of the molecule is CCN(CC)c1ccc(CN(C(=O)c2ccc(F)cc2)[C@@H]2CCS(=O)(=O)C2)cc1. The van der Waals surface area contributed by atoms with E-state index in [9.17, 15) is 17.6 Å². The molecule has 0 unspecified atom stereocenters. The van der Waals surface area contributed by atoms with Crippen molar-refractivity contribution in [1.29, 1.82) is 0 Å². The van der Waals surface area contributed by atoms with E-state index in [0.717, 1.165) is 24.3 Å². The third-order valence-corrected chi connectivity index (χ3v) is 7.17. The molecule has 1 heterocycles. The number of halogens is 1. The second kappa shape index (κ2) is 8.95. The van der Waals surface area contributed by atoms with Gasteiger partial charge in [0.1, 0.15) is 5.82 Å². The van der Waals surface area contributed by atoms with Gasteiger partial charge in [-0.1, -0.05) is 12.1 Å². The fraction of sp³-hybridized carbons (Fsp3) is 0.409. The summed E-state index contributed by atoms with van der Waals surface area (Å²) in [4.78, 5) is 17.0. The Morgan fingerprint density at radius 3 is 2.17 bits per heavy atom. The lowest BCUT2D eigenvalue weighted by Gasteiger charge is -2.29. The van der Waals surface area contributed by atoms with Gasteiger partial charge in [0.05, 0.1) is 11.5 Å². The number of carbonyl (C=O) groups is 1. The maximum Gasteiger partial charge on any atom is 0.254 e. The van der Waals surface area contributed by atoms with Crippen LogP contribution in [-0.4, -0.2) is 49.9 Å². The summed E-state index contributed by atoms with van der Waals surface area (Å²) < 4.78 is 37.2. The number of anilines is 1. The Morgan fingerprint density at radius 1 is 1.03 bits per heavy atom. The van der Waals surface area contributed by atoms with E-state index < -0.39 is 15.7 Å². The molecule has 0 spiro atoms. The molecule has 156 valence electrons. The third kappa shape index (κ3) is 5.15. The molecule has 1 fully saturated rings. The molecule has 29 heavy (non-hydrogen) atoms. The topological polar surface area (TPSA) is 57.7 Å². The van der Waals surface area contributed by atoms with Gasteiger partial charge < -0.3 is 9.80 Å². The minimum absolute atomic E-state index is 0.0303. The van der Waals surface area contributed by atoms with Crippen molar-refractivity contribution >= 4 is 21.4 Å². The van der Waals surface area contributed by atoms with Gasteiger partial charge in [0.25, 0.3) is 5.91 Å². The lowest BCUT2D eigenvalue weighted by molar-refractivity contribution is 0.0681. The highest BCUT2D eigenvalue weighted by Crippen LogP contribution is 2.24. The zero-order valence-electron chi connectivity index (χ0n) is 16.8. The van der Waals surface area contributed by atoms with Crippen molar-refractivity contribution < 1.29 is 17.6 Å². The number of sulfone groups is 1. The molecule has 5 nitrogen and oxygen atoms in total. The van der Waals surface area contributed by atoms with E-state index in [4.69, 9.17) is 0 Å². The average molecular weight is 419 g/mol. The molecule has 0 bridgehead atoms. The van der Waals surface area contributed by atoms with Crippen molar-refractivity contribution in [2.45, 2.75) is 32.9 Å². The number of hydrogen-bond acceptors (Lipinski definition) is 4. The van der Waals surface area contributed by atoms with Gasteiger partial charge in [0.15, 0.2) is 9.84 Å². The second-order valence-electron chi connectivity index (χ2n) is 7.34. The Kier molecular flexibility index (Phi) is 6.57. The predicted molar refractivity (Wildman–Crippen MR) is 113 cm³/mol. The van der Waals surface area contributed by atoms with Crippen LogP contribution < -0.4 is 4.90 Å². The highest BCUT2D eigenvalue weighted by Gasteiger charge is 2.35. The summed E-state index contributed by atoms with van der Waals surface area (Å²) in [5.41, 5.74) is 2.40. The van der Waals surface area contributed by atoms with E-state index in [2.05, 4.69) is 18.7 Å². The summed E-state index contributed by atoms with van der Waals surface area (Å²) in [5, 5.41) is 0. The van der Waals surface area contributed by atoms with E-state index in [1.165, 1.54) is 24.3 Å². The molecule has 1 aliphatic heterocycles. The van der Waals surface area contributed by atoms with Crippen LogP contribution in [0, 0.1) is 5.82 Å². The van der Waals surface area contributed by atoms with Crippen LogP contribution in [-0.2, 0) is 16.4 Å². The van der Waals surface area contributed by atoms with Crippen LogP contribution in [0.3, 0.4) is 0 Å². The molecular weight excluding hydrogens is 391 g/mol. The highest BCUT2D eigenvalue weighted by atomic mass is 32.2. The van der Waals surface area contributed by atoms with Gasteiger partial charge in [-0.15, -0.1) is 0 Å². The molecule has 0 radical (unpaired) electrons. The molecule has 1 aliphatic rings. The summed E-state index contributed by atoms with van der Waals surface area (Å²) in [6.45, 7) is 6.33. The first-order valence-electron chi connectivity index (χ1n) is 9.93. The van der Waals surface area contributed by atoms with Crippen LogP contribution in [0.5, 0.6) is 0 Å². The summed E-state index contributed by atoms with van der Waals surface area (Å²) in [6, 6.07) is 13.0. The predicted octanol–water partition coefficient (Wildman–Crippen LogP) is 3.50. The molecule has 3 rings (SSSR count). The zero-order chi connectivity index (χ0) is 21.0. The van der Waals surface area contributed by atoms with Crippen molar-refractivity contribution in [2.24, 2.45) is 0 Å². The number of hydrogen-bond donors (Lipinski definition) is 0. The molecule has 7 heteroatoms. The van der Waals surface area contributed by atoms with E-state index >= 15 is 0 Å². The molecular formula is C22H27FN2O3S. The third-order valence-electron chi connectivity index (χ3n) is 5.42. The van der Waals surface area contributed by atoms with E-state index in [-0.39, 0.29) is 23.5 Å². The summed E-state index contributed by atoms with van der Waals surface area (Å²) >= 11 is 0. The van der Waals surface area contributed by atoms with Gasteiger partial charge in [0.2, 0.25) is 0 Å². The molecule has 2 aromatic carbocycles. The molecule has 2 aromatic rings. The fourth-order valence-corrected chi connectivity index (χ4v) is 5.47. The zero-order valence-corrected chi connectivity index (χ0v) is 17.7. The van der Waals surface area contributed by atoms with Crippen molar-refractivity contribution in [2.75, 3.05) is 29.5 Å². The Hall–Kier alpha value is -2.41. The van der Waals surface area contributed by atoms with Gasteiger partial charge in [-0.25, -0.2) is 12.8 Å². The van der Waals surface area contributed by atoms with Crippen molar-refractivity contribution in [3.05, 3.63) is 65.5 Å². The van der Waals surface area contributed by atoms with Crippen LogP contribution >= 0.6 is 0 Å². The van der Waals surface area contributed by atoms with Gasteiger partial charge in [-0.2, -0.15) is 0 Å². The second-order valence-corrected chi connectivity index (χ2v) is 9.56. The summed E-state index contributed by atoms with van der Waals surface area (Å²) in [5.74, 6) is -0.632. The molecule has 0 aromatic heterocycles. The maximum absolute atomic E-state index is 13.3. The maximum atomic E-state index is 13.3. The monoisotopic (exact) mass is 418 g/mol. The van der Waals surface area contributed by atoms with E-state index in [1.807, 2.05) is 24.3 Å². The smallest absolute Gasteiger partial charge is 0.254 e. The van der Waals surface area contributed by atoms with Crippen LogP contribution in [0.25, 0.3) is 0 Å². The van der Waals surface area contributed by atoms with E-state index in [1.54, 1.807) is 4.90 Å². The number of rotatable bonds is 7. The van der Waals surface area contributed by atoms with E-state index in [0.29, 0.717) is 18.5 Å². The molecule has 1 amide bonds. The van der Waals surface area contributed by atoms with Crippen LogP contribution in [0.15, 0.2) is 48.5 Å². The number of nitrogens with zero attached hydrogens (tertiary/aromatic N) is 2. The lowest BCUT2D eigenvalue weighted by Crippen LogP contribution is -2.40. The van der Waals surface area contributed by atoms with Gasteiger partial charge in [-0.05, 0) is 62.2 Å². The van der Waals surface area contributed by atoms with Crippen molar-refractivity contribution in [3.63, 3.8) is 0 Å². The largest absolute Gasteiger partial charge is 0.372 e. The number of carbonyl (C=O) groups excluding carboxylic acids is 1. The number of amides is 1. The Labute approximate surface area is 172 Å². The Bertz CT molecular complexity index is 939. The van der Waals surface area contributed by atoms with Crippen LogP contribution in [0.4, 0.5) is 10.1 Å². The van der Waals surface area contributed by atoms with Crippen molar-refractivity contribution in [1.82, 2.24) is 4.90 Å².